The lowest BCUT2D eigenvalue weighted by atomic mass is 10.1. The molecule has 0 radical (unpaired) electrons. The minimum absolute atomic E-state index is 0.0212. The van der Waals surface area contributed by atoms with Crippen LogP contribution < -0.4 is 26.0 Å². The van der Waals surface area contributed by atoms with Crippen molar-refractivity contribution in [1.82, 2.24) is 14.3 Å². The van der Waals surface area contributed by atoms with E-state index in [9.17, 15) is 13.2 Å². The lowest BCUT2D eigenvalue weighted by molar-refractivity contribution is 0.100. The van der Waals surface area contributed by atoms with Crippen molar-refractivity contribution in [1.29, 1.82) is 0 Å². The number of ether oxygens (including phenoxy) is 1. The molecule has 33 heavy (non-hydrogen) atoms. The Balaban J connectivity index is 1.33. The van der Waals surface area contributed by atoms with E-state index in [1.165, 1.54) is 6.20 Å². The topological polar surface area (TPSA) is 143 Å². The normalized spacial score (nSPS) is 20.4. The largest absolute Gasteiger partial charge is 0.489 e. The van der Waals surface area contributed by atoms with E-state index in [0.717, 1.165) is 24.2 Å². The number of carbonyl (C=O) groups excluding carboxylic acids is 1. The minimum atomic E-state index is -3.21. The van der Waals surface area contributed by atoms with Gasteiger partial charge in [0.25, 0.3) is 5.91 Å². The van der Waals surface area contributed by atoms with Crippen molar-refractivity contribution >= 4 is 39.1 Å². The summed E-state index contributed by atoms with van der Waals surface area (Å²) in [5, 5.41) is 6.38. The van der Waals surface area contributed by atoms with Crippen LogP contribution in [-0.2, 0) is 10.0 Å². The highest BCUT2D eigenvalue weighted by Crippen LogP contribution is 2.38. The summed E-state index contributed by atoms with van der Waals surface area (Å²) in [7, 11) is -3.21. The van der Waals surface area contributed by atoms with Gasteiger partial charge in [0.05, 0.1) is 23.0 Å². The van der Waals surface area contributed by atoms with Crippen LogP contribution in [0.1, 0.15) is 30.1 Å². The van der Waals surface area contributed by atoms with Crippen molar-refractivity contribution in [2.75, 3.05) is 47.5 Å². The van der Waals surface area contributed by atoms with E-state index >= 15 is 0 Å². The van der Waals surface area contributed by atoms with Crippen LogP contribution in [-0.4, -0.2) is 72.7 Å². The number of benzene rings is 1. The predicted molar refractivity (Wildman–Crippen MR) is 125 cm³/mol. The van der Waals surface area contributed by atoms with Crippen LogP contribution >= 0.6 is 0 Å². The van der Waals surface area contributed by atoms with Gasteiger partial charge in [-0.05, 0) is 31.9 Å². The molecule has 1 saturated heterocycles. The number of anilines is 4. The number of amides is 1. The number of piperazine rings is 1. The van der Waals surface area contributed by atoms with E-state index in [2.05, 4.69) is 25.5 Å². The molecule has 0 bridgehead atoms. The number of hydrogen-bond donors (Lipinski definition) is 3. The summed E-state index contributed by atoms with van der Waals surface area (Å²) in [6, 6.07) is 6.02. The molecule has 1 amide bonds. The zero-order valence-corrected chi connectivity index (χ0v) is 19.1. The van der Waals surface area contributed by atoms with Crippen molar-refractivity contribution in [2.24, 2.45) is 5.73 Å². The molecule has 3 heterocycles. The number of nitrogens with one attached hydrogen (secondary N) is 2. The zero-order chi connectivity index (χ0) is 23.2. The fraction of sp³-hybridized carbons (Fsp3) is 0.476. The first kappa shape index (κ1) is 21.7. The Hall–Kier alpha value is -3.12. The van der Waals surface area contributed by atoms with E-state index in [1.54, 1.807) is 11.2 Å². The Morgan fingerprint density at radius 1 is 1.30 bits per heavy atom. The van der Waals surface area contributed by atoms with Gasteiger partial charge < -0.3 is 26.0 Å². The molecule has 2 fully saturated rings. The molecular weight excluding hydrogens is 446 g/mol. The maximum absolute atomic E-state index is 12.3. The van der Waals surface area contributed by atoms with Gasteiger partial charge in [0.15, 0.2) is 0 Å². The highest BCUT2D eigenvalue weighted by molar-refractivity contribution is 7.89. The zero-order valence-electron chi connectivity index (χ0n) is 18.3. The van der Waals surface area contributed by atoms with Crippen molar-refractivity contribution in [3.63, 3.8) is 0 Å². The van der Waals surface area contributed by atoms with Crippen LogP contribution in [0, 0.1) is 0 Å². The third-order valence-corrected chi connectivity index (χ3v) is 7.98. The van der Waals surface area contributed by atoms with Crippen LogP contribution in [0.25, 0.3) is 0 Å². The smallest absolute Gasteiger partial charge is 0.254 e. The first-order valence-electron chi connectivity index (χ1n) is 11.1. The first-order chi connectivity index (χ1) is 15.8. The molecule has 4 N–H and O–H groups in total. The van der Waals surface area contributed by atoms with E-state index in [1.807, 2.05) is 18.2 Å². The van der Waals surface area contributed by atoms with Gasteiger partial charge in [-0.15, -0.1) is 0 Å². The second-order valence-corrected chi connectivity index (χ2v) is 10.7. The van der Waals surface area contributed by atoms with Crippen LogP contribution in [0.15, 0.2) is 24.4 Å². The molecule has 1 aliphatic carbocycles. The van der Waals surface area contributed by atoms with E-state index in [0.29, 0.717) is 49.8 Å². The molecule has 2 aromatic rings. The van der Waals surface area contributed by atoms with Gasteiger partial charge in [-0.3, -0.25) is 4.79 Å². The van der Waals surface area contributed by atoms with E-state index in [4.69, 9.17) is 10.5 Å². The summed E-state index contributed by atoms with van der Waals surface area (Å²) in [6.45, 7) is 3.57. The summed E-state index contributed by atoms with van der Waals surface area (Å²) in [6.07, 6.45) is 3.49. The van der Waals surface area contributed by atoms with Crippen molar-refractivity contribution in [3.05, 3.63) is 30.0 Å². The quantitative estimate of drug-likeness (QED) is 0.539. The summed E-state index contributed by atoms with van der Waals surface area (Å²) in [5.74, 6) is 1.02. The highest BCUT2D eigenvalue weighted by Gasteiger charge is 2.36. The van der Waals surface area contributed by atoms with Gasteiger partial charge in [0.1, 0.15) is 18.2 Å². The SMILES string of the molecule is CCS(=O)(=O)N1CCN2c3ccc(Nc4ncc(C(N)=O)c(NC5CC5)n4)cc3OC[C@@H]2C1. The van der Waals surface area contributed by atoms with Crippen LogP contribution in [0.4, 0.5) is 23.1 Å². The lowest BCUT2D eigenvalue weighted by Gasteiger charge is -2.45. The average Bonchev–Trinajstić information content (AvgIpc) is 3.62. The molecule has 1 atom stereocenters. The number of carbonyl (C=O) groups is 1. The molecule has 1 saturated carbocycles. The minimum Gasteiger partial charge on any atom is -0.489 e. The number of rotatable bonds is 7. The fourth-order valence-electron chi connectivity index (χ4n) is 4.14. The number of primary amides is 1. The first-order valence-corrected chi connectivity index (χ1v) is 12.7. The molecule has 0 unspecified atom stereocenters. The van der Waals surface area contributed by atoms with Crippen molar-refractivity contribution < 1.29 is 17.9 Å². The van der Waals surface area contributed by atoms with Crippen LogP contribution in [0.2, 0.25) is 0 Å². The van der Waals surface area contributed by atoms with Gasteiger partial charge in [-0.25, -0.2) is 13.4 Å². The number of hydrogen-bond acceptors (Lipinski definition) is 9. The number of fused-ring (bicyclic) bond motifs is 3. The van der Waals surface area contributed by atoms with Gasteiger partial charge in [-0.1, -0.05) is 0 Å². The monoisotopic (exact) mass is 473 g/mol. The number of nitrogens with two attached hydrogens (primary N) is 1. The van der Waals surface area contributed by atoms with Gasteiger partial charge in [-0.2, -0.15) is 9.29 Å². The Morgan fingerprint density at radius 3 is 2.85 bits per heavy atom. The molecule has 12 heteroatoms. The van der Waals surface area contributed by atoms with Crippen molar-refractivity contribution in [3.8, 4) is 5.75 Å². The Labute approximate surface area is 192 Å². The molecular formula is C21H27N7O4S. The van der Waals surface area contributed by atoms with Gasteiger partial charge in [0, 0.05) is 43.6 Å². The maximum Gasteiger partial charge on any atom is 0.254 e. The molecule has 1 aromatic carbocycles. The fourth-order valence-corrected chi connectivity index (χ4v) is 5.26. The summed E-state index contributed by atoms with van der Waals surface area (Å²) in [5.41, 5.74) is 7.38. The maximum atomic E-state index is 12.3. The Bertz CT molecular complexity index is 1190. The Kier molecular flexibility index (Phi) is 5.49. The standard InChI is InChI=1S/C21H27N7O4S/c1-2-33(30,31)27-7-8-28-15(11-27)12-32-18-9-14(5-6-17(18)28)25-21-23-10-16(19(22)29)20(26-21)24-13-3-4-13/h5-6,9-10,13,15H,2-4,7-8,11-12H2,1H3,(H2,22,29)(H2,23,24,25,26)/t15-/m0/s1. The van der Waals surface area contributed by atoms with Gasteiger partial charge in [0.2, 0.25) is 16.0 Å². The van der Waals surface area contributed by atoms with Crippen molar-refractivity contribution in [2.45, 2.75) is 31.8 Å². The predicted octanol–water partition coefficient (Wildman–Crippen LogP) is 1.13. The van der Waals surface area contributed by atoms with E-state index in [-0.39, 0.29) is 17.4 Å². The molecule has 2 aliphatic heterocycles. The van der Waals surface area contributed by atoms with Crippen LogP contribution in [0.3, 0.4) is 0 Å². The average molecular weight is 474 g/mol. The number of aromatic nitrogens is 2. The molecule has 5 rings (SSSR count). The third-order valence-electron chi connectivity index (χ3n) is 6.13. The number of nitrogens with zero attached hydrogens (tertiary/aromatic N) is 4. The molecule has 0 spiro atoms. The second kappa shape index (κ2) is 8.34. The summed E-state index contributed by atoms with van der Waals surface area (Å²) in [4.78, 5) is 22.6. The van der Waals surface area contributed by atoms with Gasteiger partial charge >= 0.3 is 0 Å². The van der Waals surface area contributed by atoms with E-state index < -0.39 is 15.9 Å². The number of sulfonamides is 1. The third kappa shape index (κ3) is 4.40. The highest BCUT2D eigenvalue weighted by atomic mass is 32.2. The lowest BCUT2D eigenvalue weighted by Crippen LogP contribution is -2.58. The summed E-state index contributed by atoms with van der Waals surface area (Å²) >= 11 is 0. The molecule has 3 aliphatic rings. The summed E-state index contributed by atoms with van der Waals surface area (Å²) < 4.78 is 32.0. The van der Waals surface area contributed by atoms with Crippen LogP contribution in [0.5, 0.6) is 5.75 Å². The Morgan fingerprint density at radius 2 is 2.12 bits per heavy atom. The molecule has 1 aromatic heterocycles. The second-order valence-electron chi connectivity index (χ2n) is 8.46. The molecule has 176 valence electrons. The molecule has 11 nitrogen and oxygen atoms in total.